The van der Waals surface area contributed by atoms with Crippen molar-refractivity contribution in [3.8, 4) is 0 Å². The number of rotatable bonds is 13. The summed E-state index contributed by atoms with van der Waals surface area (Å²) in [4.78, 5) is 46.5. The fourth-order valence-electron chi connectivity index (χ4n) is 3.13. The Kier molecular flexibility index (Phi) is 9.83. The Bertz CT molecular complexity index is 982. The highest BCUT2D eigenvalue weighted by atomic mass is 31.2. The van der Waals surface area contributed by atoms with Gasteiger partial charge in [-0.25, -0.2) is 0 Å². The van der Waals surface area contributed by atoms with Crippen LogP contribution in [0.15, 0.2) is 36.5 Å². The van der Waals surface area contributed by atoms with Crippen LogP contribution < -0.4 is 0 Å². The molecule has 0 unspecified atom stereocenters. The van der Waals surface area contributed by atoms with Gasteiger partial charge in [0.05, 0.1) is 49.1 Å². The average Bonchev–Trinajstić information content (AvgIpc) is 2.74. The normalized spacial score (nSPS) is 13.0. The molecule has 0 amide bonds. The summed E-state index contributed by atoms with van der Waals surface area (Å²) in [5.74, 6) is 0. The van der Waals surface area contributed by atoms with Gasteiger partial charge in [-0.1, -0.05) is 12.1 Å². The second kappa shape index (κ2) is 11.7. The third-order valence-electron chi connectivity index (χ3n) is 5.06. The van der Waals surface area contributed by atoms with Crippen molar-refractivity contribution in [1.29, 1.82) is 0 Å². The van der Waals surface area contributed by atoms with Gasteiger partial charge < -0.3 is 34.9 Å². The summed E-state index contributed by atoms with van der Waals surface area (Å²) in [5, 5.41) is 29.8. The molecule has 0 aliphatic carbocycles. The zero-order chi connectivity index (χ0) is 24.7. The van der Waals surface area contributed by atoms with E-state index in [9.17, 15) is 24.4 Å². The van der Waals surface area contributed by atoms with Crippen LogP contribution in [0.25, 0.3) is 0 Å². The predicted octanol–water partition coefficient (Wildman–Crippen LogP) is -0.408. The highest BCUT2D eigenvalue weighted by Crippen LogP contribution is 2.38. The van der Waals surface area contributed by atoms with Crippen LogP contribution in [0.5, 0.6) is 0 Å². The highest BCUT2D eigenvalue weighted by Gasteiger charge is 2.36. The molecule has 7 N–H and O–H groups in total. The quantitative estimate of drug-likeness (QED) is 0.174. The van der Waals surface area contributed by atoms with Crippen LogP contribution in [0.3, 0.4) is 0 Å². The molecule has 14 heteroatoms. The molecular formula is C19H29N3O9P2. The smallest absolute Gasteiger partial charge is 0.329 e. The van der Waals surface area contributed by atoms with Gasteiger partial charge in [-0.15, -0.1) is 0 Å². The lowest BCUT2D eigenvalue weighted by Crippen LogP contribution is -2.56. The Morgan fingerprint density at radius 2 is 1.42 bits per heavy atom. The van der Waals surface area contributed by atoms with Crippen molar-refractivity contribution in [2.75, 3.05) is 26.0 Å². The largest absolute Gasteiger partial charge is 0.394 e. The van der Waals surface area contributed by atoms with Crippen LogP contribution in [0, 0.1) is 0 Å². The number of aryl methyl sites for hydroxylation is 1. The second-order valence-corrected chi connectivity index (χ2v) is 11.2. The summed E-state index contributed by atoms with van der Waals surface area (Å²) in [6.07, 6.45) is 0.576. The van der Waals surface area contributed by atoms with E-state index in [0.29, 0.717) is 22.6 Å². The summed E-state index contributed by atoms with van der Waals surface area (Å²) in [7, 11) is -8.43. The van der Waals surface area contributed by atoms with Gasteiger partial charge in [-0.3, -0.25) is 24.0 Å². The molecule has 0 fully saturated rings. The molecule has 33 heavy (non-hydrogen) atoms. The molecule has 0 saturated carbocycles. The van der Waals surface area contributed by atoms with Crippen molar-refractivity contribution in [3.63, 3.8) is 0 Å². The Balaban J connectivity index is 2.27. The molecule has 0 saturated heterocycles. The Morgan fingerprint density at radius 3 is 1.94 bits per heavy atom. The fourth-order valence-corrected chi connectivity index (χ4v) is 4.31. The molecule has 12 nitrogen and oxygen atoms in total. The molecule has 2 heterocycles. The molecule has 0 aliphatic rings. The van der Waals surface area contributed by atoms with Gasteiger partial charge in [0, 0.05) is 31.4 Å². The van der Waals surface area contributed by atoms with Crippen LogP contribution in [0.4, 0.5) is 0 Å². The summed E-state index contributed by atoms with van der Waals surface area (Å²) >= 11 is 0. The minimum atomic E-state index is -4.25. The van der Waals surface area contributed by atoms with Crippen LogP contribution in [0.1, 0.15) is 22.6 Å². The zero-order valence-corrected chi connectivity index (χ0v) is 19.6. The predicted molar refractivity (Wildman–Crippen MR) is 118 cm³/mol. The molecule has 0 aromatic carbocycles. The Labute approximate surface area is 190 Å². The molecule has 0 radical (unpaired) electrons. The molecule has 0 spiro atoms. The molecule has 184 valence electrons. The van der Waals surface area contributed by atoms with E-state index in [-0.39, 0.29) is 25.7 Å². The van der Waals surface area contributed by atoms with E-state index in [1.165, 1.54) is 12.3 Å². The number of hydrogen-bond donors (Lipinski definition) is 7. The van der Waals surface area contributed by atoms with E-state index < -0.39 is 46.7 Å². The van der Waals surface area contributed by atoms with E-state index in [1.807, 2.05) is 0 Å². The van der Waals surface area contributed by atoms with Crippen molar-refractivity contribution >= 4 is 15.2 Å². The maximum Gasteiger partial charge on any atom is 0.329 e. The van der Waals surface area contributed by atoms with Gasteiger partial charge in [-0.05, 0) is 23.8 Å². The molecule has 0 aliphatic heterocycles. The van der Waals surface area contributed by atoms with Crippen LogP contribution in [-0.4, -0.2) is 81.3 Å². The molecule has 2 aromatic rings. The van der Waals surface area contributed by atoms with Gasteiger partial charge in [-0.2, -0.15) is 0 Å². The lowest BCUT2D eigenvalue weighted by atomic mass is 9.99. The average molecular weight is 505 g/mol. The minimum absolute atomic E-state index is 0.0614. The van der Waals surface area contributed by atoms with Crippen LogP contribution in [0.2, 0.25) is 0 Å². The first-order valence-corrected chi connectivity index (χ1v) is 13.5. The third kappa shape index (κ3) is 8.95. The monoisotopic (exact) mass is 505 g/mol. The van der Waals surface area contributed by atoms with Crippen LogP contribution >= 0.6 is 15.2 Å². The van der Waals surface area contributed by atoms with E-state index >= 15 is 0 Å². The summed E-state index contributed by atoms with van der Waals surface area (Å²) in [5.41, 5.74) is 0.322. The summed E-state index contributed by atoms with van der Waals surface area (Å²) < 4.78 is 22.3. The number of aliphatic hydroxyl groups excluding tert-OH is 3. The van der Waals surface area contributed by atoms with Gasteiger partial charge >= 0.3 is 15.2 Å². The lowest BCUT2D eigenvalue weighted by molar-refractivity contribution is -0.0579. The standard InChI is InChI=1S/C19H29N3O9P2/c23-12-19(13-24,14-25)22(9-17-5-4-15(8-20-17)11-33(29,30)31)10-18-3-1-2-16(21-18)6-7-32(26,27)28/h1-5,8,23-25H,6-7,9-14H2,(H2,26,27,28)(H2,29,30,31). The van der Waals surface area contributed by atoms with E-state index in [2.05, 4.69) is 9.97 Å². The number of pyridine rings is 2. The third-order valence-corrected chi connectivity index (χ3v) is 6.64. The molecule has 0 bridgehead atoms. The maximum atomic E-state index is 11.2. The topological polar surface area (TPSA) is 205 Å². The van der Waals surface area contributed by atoms with Crippen molar-refractivity contribution in [2.45, 2.75) is 31.2 Å². The minimum Gasteiger partial charge on any atom is -0.394 e. The number of nitrogens with zero attached hydrogens (tertiary/aromatic N) is 3. The molecule has 2 rings (SSSR count). The van der Waals surface area contributed by atoms with Crippen molar-refractivity contribution in [2.24, 2.45) is 0 Å². The number of hydrogen-bond acceptors (Lipinski definition) is 8. The summed E-state index contributed by atoms with van der Waals surface area (Å²) in [6.45, 7) is -1.60. The first-order chi connectivity index (χ1) is 15.4. The highest BCUT2D eigenvalue weighted by molar-refractivity contribution is 7.51. The SMILES string of the molecule is O=P(O)(O)CCc1cccc(CN(Cc2ccc(CP(=O)(O)O)cn2)C(CO)(CO)CO)n1. The first-order valence-electron chi connectivity index (χ1n) is 9.95. The molecule has 2 aromatic heterocycles. The van der Waals surface area contributed by atoms with Gasteiger partial charge in [0.1, 0.15) is 0 Å². The zero-order valence-electron chi connectivity index (χ0n) is 17.8. The van der Waals surface area contributed by atoms with Crippen LogP contribution in [-0.2, 0) is 34.8 Å². The van der Waals surface area contributed by atoms with Gasteiger partial charge in [0.25, 0.3) is 0 Å². The second-order valence-electron chi connectivity index (χ2n) is 7.79. The number of aliphatic hydroxyl groups is 3. The Hall–Kier alpha value is -1.56. The van der Waals surface area contributed by atoms with Gasteiger partial charge in [0.2, 0.25) is 0 Å². The van der Waals surface area contributed by atoms with E-state index in [0.717, 1.165) is 0 Å². The maximum absolute atomic E-state index is 11.2. The van der Waals surface area contributed by atoms with Crippen molar-refractivity contribution < 1.29 is 44.0 Å². The lowest BCUT2D eigenvalue weighted by Gasteiger charge is -2.40. The van der Waals surface area contributed by atoms with E-state index in [4.69, 9.17) is 19.6 Å². The summed E-state index contributed by atoms with van der Waals surface area (Å²) in [6, 6.07) is 8.03. The molecule has 0 atom stereocenters. The fraction of sp³-hybridized carbons (Fsp3) is 0.474. The van der Waals surface area contributed by atoms with E-state index in [1.54, 1.807) is 29.2 Å². The molecular weight excluding hydrogens is 476 g/mol. The van der Waals surface area contributed by atoms with Crippen molar-refractivity contribution in [3.05, 3.63) is 59.2 Å². The Morgan fingerprint density at radius 1 is 0.818 bits per heavy atom. The number of aromatic nitrogens is 2. The van der Waals surface area contributed by atoms with Crippen molar-refractivity contribution in [1.82, 2.24) is 14.9 Å². The first kappa shape index (κ1) is 27.7. The van der Waals surface area contributed by atoms with Gasteiger partial charge in [0.15, 0.2) is 0 Å².